The van der Waals surface area contributed by atoms with Gasteiger partial charge in [0.2, 0.25) is 0 Å². The Hall–Kier alpha value is -3.10. The summed E-state index contributed by atoms with van der Waals surface area (Å²) in [6.07, 6.45) is 12.2. The molecule has 4 rings (SSSR count). The van der Waals surface area contributed by atoms with E-state index in [0.29, 0.717) is 5.56 Å². The number of nitrogens with zero attached hydrogens (tertiary/aromatic N) is 3. The maximum atomic E-state index is 12.4. The fourth-order valence-corrected chi connectivity index (χ4v) is 3.95. The molecule has 148 valence electrons. The average molecular weight is 386 g/mol. The molecule has 3 heterocycles. The number of carbonyl (C=O) groups is 1. The Bertz CT molecular complexity index is 1020. The molecule has 2 aromatic heterocycles. The Balaban J connectivity index is 1.76. The fourth-order valence-electron chi connectivity index (χ4n) is 3.95. The van der Waals surface area contributed by atoms with Crippen molar-refractivity contribution in [2.75, 3.05) is 19.6 Å². The van der Waals surface area contributed by atoms with E-state index in [1.165, 1.54) is 25.7 Å². The lowest BCUT2D eigenvalue weighted by Gasteiger charge is -2.20. The van der Waals surface area contributed by atoms with Crippen LogP contribution in [0.5, 0.6) is 0 Å². The topological polar surface area (TPSA) is 49.6 Å². The second-order valence-electron chi connectivity index (χ2n) is 7.50. The van der Waals surface area contributed by atoms with Crippen LogP contribution in [0.2, 0.25) is 0 Å². The summed E-state index contributed by atoms with van der Waals surface area (Å²) in [7, 11) is 0. The van der Waals surface area contributed by atoms with Gasteiger partial charge in [-0.05, 0) is 38.1 Å². The minimum Gasteiger partial charge on any atom is -0.341 e. The first-order valence-corrected chi connectivity index (χ1v) is 10.3. The summed E-state index contributed by atoms with van der Waals surface area (Å²) in [6.45, 7) is 3.24. The van der Waals surface area contributed by atoms with Gasteiger partial charge in [0.15, 0.2) is 0 Å². The predicted molar refractivity (Wildman–Crippen MR) is 116 cm³/mol. The number of hydrogen-bond acceptors (Lipinski definition) is 3. The number of terminal acetylenes is 1. The van der Waals surface area contributed by atoms with Gasteiger partial charge in [0.1, 0.15) is 5.65 Å². The second-order valence-corrected chi connectivity index (χ2v) is 7.50. The average Bonchev–Trinajstić information content (AvgIpc) is 2.92. The van der Waals surface area contributed by atoms with Crippen molar-refractivity contribution in [2.24, 2.45) is 0 Å². The molecule has 1 aliphatic heterocycles. The number of hydrogen-bond donors (Lipinski definition) is 1. The van der Waals surface area contributed by atoms with Crippen molar-refractivity contribution >= 4 is 11.6 Å². The van der Waals surface area contributed by atoms with Crippen molar-refractivity contribution in [3.63, 3.8) is 0 Å². The highest BCUT2D eigenvalue weighted by molar-refractivity contribution is 5.94. The van der Waals surface area contributed by atoms with Crippen molar-refractivity contribution in [3.8, 4) is 23.6 Å². The minimum absolute atomic E-state index is 0.166. The van der Waals surface area contributed by atoms with Gasteiger partial charge in [0.25, 0.3) is 5.91 Å². The van der Waals surface area contributed by atoms with E-state index < -0.39 is 0 Å². The summed E-state index contributed by atoms with van der Waals surface area (Å²) in [4.78, 5) is 19.8. The summed E-state index contributed by atoms with van der Waals surface area (Å²) in [5.41, 5.74) is 4.64. The maximum Gasteiger partial charge on any atom is 0.253 e. The second kappa shape index (κ2) is 8.93. The summed E-state index contributed by atoms with van der Waals surface area (Å²) >= 11 is 0. The molecule has 0 saturated carbocycles. The van der Waals surface area contributed by atoms with E-state index in [4.69, 9.17) is 11.4 Å². The first kappa shape index (κ1) is 19.2. The molecule has 0 radical (unpaired) electrons. The molecular weight excluding hydrogens is 360 g/mol. The molecule has 1 aliphatic rings. The van der Waals surface area contributed by atoms with Gasteiger partial charge in [-0.15, -0.1) is 6.42 Å². The normalized spacial score (nSPS) is 15.0. The molecule has 5 heteroatoms. The van der Waals surface area contributed by atoms with Crippen LogP contribution in [0, 0.1) is 12.3 Å². The number of fused-ring (bicyclic) bond motifs is 1. The molecule has 0 atom stereocenters. The van der Waals surface area contributed by atoms with Gasteiger partial charge in [-0.1, -0.05) is 49.1 Å². The molecule has 0 unspecified atom stereocenters. The molecule has 0 bridgehead atoms. The van der Waals surface area contributed by atoms with Crippen LogP contribution < -0.4 is 5.32 Å². The van der Waals surface area contributed by atoms with Crippen LogP contribution >= 0.6 is 0 Å². The van der Waals surface area contributed by atoms with Crippen LogP contribution in [0.25, 0.3) is 16.9 Å². The lowest BCUT2D eigenvalue weighted by molar-refractivity contribution is 0.0958. The van der Waals surface area contributed by atoms with Crippen LogP contribution in [-0.4, -0.2) is 39.8 Å². The molecule has 0 spiro atoms. The van der Waals surface area contributed by atoms with E-state index in [1.807, 2.05) is 30.5 Å². The zero-order chi connectivity index (χ0) is 20.1. The maximum absolute atomic E-state index is 12.4. The van der Waals surface area contributed by atoms with E-state index >= 15 is 0 Å². The van der Waals surface area contributed by atoms with E-state index in [9.17, 15) is 4.79 Å². The van der Waals surface area contributed by atoms with Crippen molar-refractivity contribution in [3.05, 3.63) is 59.9 Å². The van der Waals surface area contributed by atoms with Gasteiger partial charge in [-0.2, -0.15) is 0 Å². The highest BCUT2D eigenvalue weighted by atomic mass is 16.1. The number of nitrogens with one attached hydrogen (secondary N) is 1. The lowest BCUT2D eigenvalue weighted by atomic mass is 10.1. The number of pyridine rings is 1. The number of amides is 1. The number of rotatable bonds is 5. The molecule has 29 heavy (non-hydrogen) atoms. The Kier molecular flexibility index (Phi) is 5.92. The highest BCUT2D eigenvalue weighted by Gasteiger charge is 2.19. The molecule has 1 amide bonds. The van der Waals surface area contributed by atoms with Crippen LogP contribution in [0.4, 0.5) is 0 Å². The third-order valence-corrected chi connectivity index (χ3v) is 5.45. The van der Waals surface area contributed by atoms with Crippen molar-refractivity contribution in [1.29, 1.82) is 0 Å². The SMILES string of the molecule is C#CCNC(=O)c1ccc2nc(-c3ccccc3)c(CN3CCCCCC3)n2c1. The molecule has 1 aromatic carbocycles. The summed E-state index contributed by atoms with van der Waals surface area (Å²) < 4.78 is 2.07. The van der Waals surface area contributed by atoms with Gasteiger partial charge in [-0.25, -0.2) is 4.98 Å². The molecule has 0 aliphatic carbocycles. The first-order valence-electron chi connectivity index (χ1n) is 10.3. The number of imidazole rings is 1. The van der Waals surface area contributed by atoms with Crippen molar-refractivity contribution < 1.29 is 4.79 Å². The first-order chi connectivity index (χ1) is 14.3. The predicted octanol–water partition coefficient (Wildman–Crippen LogP) is 3.74. The zero-order valence-corrected chi connectivity index (χ0v) is 16.6. The molecule has 1 N–H and O–H groups in total. The lowest BCUT2D eigenvalue weighted by Crippen LogP contribution is -2.25. The summed E-state index contributed by atoms with van der Waals surface area (Å²) in [6, 6.07) is 14.0. The number of benzene rings is 1. The largest absolute Gasteiger partial charge is 0.341 e. The minimum atomic E-state index is -0.166. The summed E-state index contributed by atoms with van der Waals surface area (Å²) in [5, 5.41) is 2.74. The van der Waals surface area contributed by atoms with Crippen molar-refractivity contribution in [2.45, 2.75) is 32.2 Å². The highest BCUT2D eigenvalue weighted by Crippen LogP contribution is 2.27. The van der Waals surface area contributed by atoms with Crippen LogP contribution in [0.15, 0.2) is 48.7 Å². The Morgan fingerprint density at radius 2 is 1.83 bits per heavy atom. The Morgan fingerprint density at radius 1 is 1.07 bits per heavy atom. The van der Waals surface area contributed by atoms with E-state index in [0.717, 1.165) is 42.2 Å². The van der Waals surface area contributed by atoms with Gasteiger partial charge in [0, 0.05) is 18.3 Å². The monoisotopic (exact) mass is 386 g/mol. The van der Waals surface area contributed by atoms with Crippen molar-refractivity contribution in [1.82, 2.24) is 19.6 Å². The van der Waals surface area contributed by atoms with Gasteiger partial charge in [-0.3, -0.25) is 9.69 Å². The van der Waals surface area contributed by atoms with Gasteiger partial charge >= 0.3 is 0 Å². The van der Waals surface area contributed by atoms with Gasteiger partial charge in [0.05, 0.1) is 23.5 Å². The molecule has 5 nitrogen and oxygen atoms in total. The number of carbonyl (C=O) groups excluding carboxylic acids is 1. The van der Waals surface area contributed by atoms with Crippen LogP contribution in [0.3, 0.4) is 0 Å². The van der Waals surface area contributed by atoms with Gasteiger partial charge < -0.3 is 9.72 Å². The zero-order valence-electron chi connectivity index (χ0n) is 16.6. The third-order valence-electron chi connectivity index (χ3n) is 5.45. The number of aromatic nitrogens is 2. The van der Waals surface area contributed by atoms with E-state index in [2.05, 4.69) is 32.7 Å². The molecule has 3 aromatic rings. The molecule has 1 saturated heterocycles. The van der Waals surface area contributed by atoms with Crippen LogP contribution in [-0.2, 0) is 6.54 Å². The standard InChI is InChI=1S/C24H26N4O/c1-2-14-25-24(29)20-12-13-22-26-23(19-10-6-5-7-11-19)21(28(22)17-20)18-27-15-8-3-4-9-16-27/h1,5-7,10-13,17H,3-4,8-9,14-16,18H2,(H,25,29). The number of likely N-dealkylation sites (tertiary alicyclic amines) is 1. The Morgan fingerprint density at radius 3 is 2.55 bits per heavy atom. The molecule has 1 fully saturated rings. The van der Waals surface area contributed by atoms with Crippen LogP contribution in [0.1, 0.15) is 41.7 Å². The summed E-state index contributed by atoms with van der Waals surface area (Å²) in [5.74, 6) is 2.28. The Labute approximate surface area is 171 Å². The van der Waals surface area contributed by atoms with E-state index in [-0.39, 0.29) is 12.5 Å². The smallest absolute Gasteiger partial charge is 0.253 e. The van der Waals surface area contributed by atoms with E-state index in [1.54, 1.807) is 6.07 Å². The quantitative estimate of drug-likeness (QED) is 0.680. The third kappa shape index (κ3) is 4.33. The fraction of sp³-hybridized carbons (Fsp3) is 0.333. The molecular formula is C24H26N4O.